The van der Waals surface area contributed by atoms with Gasteiger partial charge in [-0.3, -0.25) is 9.69 Å². The van der Waals surface area contributed by atoms with Gasteiger partial charge in [0.15, 0.2) is 0 Å². The lowest BCUT2D eigenvalue weighted by Crippen LogP contribution is -2.52. The first-order valence-corrected chi connectivity index (χ1v) is 7.43. The van der Waals surface area contributed by atoms with Crippen molar-refractivity contribution in [2.24, 2.45) is 5.92 Å². The van der Waals surface area contributed by atoms with Crippen molar-refractivity contribution in [1.82, 2.24) is 9.80 Å². The average Bonchev–Trinajstić information content (AvgIpc) is 2.60. The largest absolute Gasteiger partial charge is 0.371 e. The zero-order valence-corrected chi connectivity index (χ0v) is 12.3. The molecule has 0 bridgehead atoms. The summed E-state index contributed by atoms with van der Waals surface area (Å²) in [6.07, 6.45) is 1.01. The minimum absolute atomic E-state index is 0.0510. The number of halogens is 1. The van der Waals surface area contributed by atoms with Crippen molar-refractivity contribution in [3.05, 3.63) is 35.6 Å². The number of ether oxygens (including phenoxy) is 1. The van der Waals surface area contributed by atoms with Crippen molar-refractivity contribution in [2.45, 2.75) is 19.0 Å². The fourth-order valence-electron chi connectivity index (χ4n) is 3.30. The molecule has 0 N–H and O–H groups in total. The molecule has 1 aromatic rings. The van der Waals surface area contributed by atoms with Crippen LogP contribution < -0.4 is 0 Å². The van der Waals surface area contributed by atoms with Crippen molar-refractivity contribution in [2.75, 3.05) is 33.4 Å². The van der Waals surface area contributed by atoms with Crippen molar-refractivity contribution >= 4 is 5.91 Å². The van der Waals surface area contributed by atoms with Crippen molar-refractivity contribution in [3.8, 4) is 0 Å². The van der Waals surface area contributed by atoms with E-state index in [4.69, 9.17) is 4.74 Å². The lowest BCUT2D eigenvalue weighted by Gasteiger charge is -2.41. The molecule has 0 spiro atoms. The molecular weight excluding hydrogens is 271 g/mol. The Morgan fingerprint density at radius 2 is 2.29 bits per heavy atom. The number of carbonyl (C=O) groups excluding carboxylic acids is 1. The lowest BCUT2D eigenvalue weighted by molar-refractivity contribution is -0.134. The van der Waals surface area contributed by atoms with E-state index in [0.29, 0.717) is 12.5 Å². The second-order valence-corrected chi connectivity index (χ2v) is 6.00. The van der Waals surface area contributed by atoms with Gasteiger partial charge in [-0.15, -0.1) is 0 Å². The summed E-state index contributed by atoms with van der Waals surface area (Å²) >= 11 is 0. The van der Waals surface area contributed by atoms with Gasteiger partial charge in [-0.05, 0) is 30.7 Å². The summed E-state index contributed by atoms with van der Waals surface area (Å²) in [5, 5.41) is 0. The van der Waals surface area contributed by atoms with Gasteiger partial charge in [0.25, 0.3) is 0 Å². The topological polar surface area (TPSA) is 32.8 Å². The Morgan fingerprint density at radius 3 is 3.10 bits per heavy atom. The first-order valence-electron chi connectivity index (χ1n) is 7.43. The highest BCUT2D eigenvalue weighted by Gasteiger charge is 2.36. The predicted octanol–water partition coefficient (Wildman–Crippen LogP) is 1.50. The van der Waals surface area contributed by atoms with Gasteiger partial charge in [-0.25, -0.2) is 4.39 Å². The SMILES string of the molecule is CN1C(=O)COC[C@@H]2CCN(Cc3cccc(F)c3)C[C@@H]21. The Bertz CT molecular complexity index is 523. The van der Waals surface area contributed by atoms with Crippen molar-refractivity contribution in [1.29, 1.82) is 0 Å². The van der Waals surface area contributed by atoms with Crippen LogP contribution in [0.1, 0.15) is 12.0 Å². The second kappa shape index (κ2) is 6.12. The summed E-state index contributed by atoms with van der Waals surface area (Å²) in [6.45, 7) is 3.36. The summed E-state index contributed by atoms with van der Waals surface area (Å²) < 4.78 is 18.7. The molecule has 2 saturated heterocycles. The number of fused-ring (bicyclic) bond motifs is 1. The fraction of sp³-hybridized carbons (Fsp3) is 0.562. The quantitative estimate of drug-likeness (QED) is 0.828. The predicted molar refractivity (Wildman–Crippen MR) is 77.2 cm³/mol. The molecule has 2 fully saturated rings. The highest BCUT2D eigenvalue weighted by Crippen LogP contribution is 2.25. The Hall–Kier alpha value is -1.46. The smallest absolute Gasteiger partial charge is 0.248 e. The van der Waals surface area contributed by atoms with Crippen LogP contribution in [0.3, 0.4) is 0 Å². The number of nitrogens with zero attached hydrogens (tertiary/aromatic N) is 2. The highest BCUT2D eigenvalue weighted by atomic mass is 19.1. The molecule has 1 aromatic carbocycles. The Labute approximate surface area is 124 Å². The van der Waals surface area contributed by atoms with E-state index in [9.17, 15) is 9.18 Å². The number of benzene rings is 1. The van der Waals surface area contributed by atoms with Crippen molar-refractivity contribution in [3.63, 3.8) is 0 Å². The molecule has 0 radical (unpaired) electrons. The maximum absolute atomic E-state index is 13.3. The summed E-state index contributed by atoms with van der Waals surface area (Å²) in [5.41, 5.74) is 0.979. The molecule has 4 nitrogen and oxygen atoms in total. The van der Waals surface area contributed by atoms with Crippen LogP contribution in [-0.4, -0.2) is 55.1 Å². The van der Waals surface area contributed by atoms with Gasteiger partial charge >= 0.3 is 0 Å². The third-order valence-electron chi connectivity index (χ3n) is 4.55. The van der Waals surface area contributed by atoms with Crippen LogP contribution in [0.15, 0.2) is 24.3 Å². The third-order valence-corrected chi connectivity index (χ3v) is 4.55. The van der Waals surface area contributed by atoms with E-state index >= 15 is 0 Å². The average molecular weight is 292 g/mol. The third kappa shape index (κ3) is 3.24. The number of hydrogen-bond acceptors (Lipinski definition) is 3. The maximum atomic E-state index is 13.3. The van der Waals surface area contributed by atoms with Gasteiger partial charge < -0.3 is 9.64 Å². The van der Waals surface area contributed by atoms with Gasteiger partial charge in [-0.1, -0.05) is 12.1 Å². The molecule has 2 atom stereocenters. The molecular formula is C16H21FN2O2. The first kappa shape index (κ1) is 14.5. The zero-order valence-electron chi connectivity index (χ0n) is 12.3. The van der Waals surface area contributed by atoms with E-state index in [1.165, 1.54) is 6.07 Å². The summed E-state index contributed by atoms with van der Waals surface area (Å²) in [7, 11) is 1.86. The van der Waals surface area contributed by atoms with E-state index in [1.54, 1.807) is 12.1 Å². The van der Waals surface area contributed by atoms with E-state index in [0.717, 1.165) is 31.6 Å². The minimum Gasteiger partial charge on any atom is -0.371 e. The van der Waals surface area contributed by atoms with E-state index in [1.807, 2.05) is 18.0 Å². The molecule has 1 amide bonds. The number of likely N-dealkylation sites (N-methyl/N-ethyl adjacent to an activating group) is 1. The standard InChI is InChI=1S/C16H21FN2O2/c1-18-15-9-19(8-12-3-2-4-14(17)7-12)6-5-13(15)10-21-11-16(18)20/h2-4,7,13,15H,5-6,8-11H2,1H3/t13-,15-/m0/s1. The first-order chi connectivity index (χ1) is 10.1. The Kier molecular flexibility index (Phi) is 4.22. The molecule has 2 heterocycles. The molecule has 114 valence electrons. The van der Waals surface area contributed by atoms with Crippen LogP contribution in [0.4, 0.5) is 4.39 Å². The van der Waals surface area contributed by atoms with Gasteiger partial charge in [0.05, 0.1) is 6.61 Å². The number of amides is 1. The van der Waals surface area contributed by atoms with Gasteiger partial charge in [-0.2, -0.15) is 0 Å². The normalized spacial score (nSPS) is 27.3. The van der Waals surface area contributed by atoms with Crippen molar-refractivity contribution < 1.29 is 13.9 Å². The molecule has 2 aliphatic rings. The fourth-order valence-corrected chi connectivity index (χ4v) is 3.30. The molecule has 2 aliphatic heterocycles. The molecule has 3 rings (SSSR count). The number of hydrogen-bond donors (Lipinski definition) is 0. The molecule has 0 saturated carbocycles. The van der Waals surface area contributed by atoms with Crippen LogP contribution in [-0.2, 0) is 16.1 Å². The van der Waals surface area contributed by atoms with Gasteiger partial charge in [0.1, 0.15) is 12.4 Å². The van der Waals surface area contributed by atoms with Gasteiger partial charge in [0.2, 0.25) is 5.91 Å². The second-order valence-electron chi connectivity index (χ2n) is 6.00. The maximum Gasteiger partial charge on any atom is 0.248 e. The summed E-state index contributed by atoms with van der Waals surface area (Å²) in [6, 6.07) is 6.93. The molecule has 0 aromatic heterocycles. The molecule has 21 heavy (non-hydrogen) atoms. The van der Waals surface area contributed by atoms with Crippen LogP contribution in [0.5, 0.6) is 0 Å². The summed E-state index contributed by atoms with van der Waals surface area (Å²) in [4.78, 5) is 16.0. The Balaban J connectivity index is 1.68. The number of rotatable bonds is 2. The number of piperidine rings is 1. The van der Waals surface area contributed by atoms with E-state index in [2.05, 4.69) is 4.90 Å². The number of carbonyl (C=O) groups is 1. The Morgan fingerprint density at radius 1 is 1.43 bits per heavy atom. The van der Waals surface area contributed by atoms with Crippen LogP contribution in [0.2, 0.25) is 0 Å². The van der Waals surface area contributed by atoms with E-state index in [-0.39, 0.29) is 24.4 Å². The lowest BCUT2D eigenvalue weighted by atomic mass is 9.91. The zero-order chi connectivity index (χ0) is 14.8. The minimum atomic E-state index is -0.197. The van der Waals surface area contributed by atoms with E-state index < -0.39 is 0 Å². The molecule has 5 heteroatoms. The van der Waals surface area contributed by atoms with Crippen LogP contribution in [0.25, 0.3) is 0 Å². The van der Waals surface area contributed by atoms with Crippen LogP contribution in [0, 0.1) is 11.7 Å². The molecule has 0 aliphatic carbocycles. The monoisotopic (exact) mass is 292 g/mol. The highest BCUT2D eigenvalue weighted by molar-refractivity contribution is 5.77. The van der Waals surface area contributed by atoms with Gasteiger partial charge in [0, 0.05) is 32.1 Å². The van der Waals surface area contributed by atoms with Crippen LogP contribution >= 0.6 is 0 Å². The molecule has 0 unspecified atom stereocenters. The summed E-state index contributed by atoms with van der Waals surface area (Å²) in [5.74, 6) is 0.262. The number of likely N-dealkylation sites (tertiary alicyclic amines) is 1.